The third kappa shape index (κ3) is 4.90. The minimum Gasteiger partial charge on any atom is -0.329 e. The molecule has 1 aliphatic rings. The summed E-state index contributed by atoms with van der Waals surface area (Å²) in [6.45, 7) is 0.193. The third-order valence-corrected chi connectivity index (χ3v) is 5.53. The number of amides is 4. The molecule has 1 aliphatic heterocycles. The molecular formula is C22H20N4O3S. The zero-order valence-corrected chi connectivity index (χ0v) is 16.9. The molecule has 2 N–H and O–H groups in total. The highest BCUT2D eigenvalue weighted by Crippen LogP contribution is 2.17. The fourth-order valence-corrected chi connectivity index (χ4v) is 4.02. The Bertz CT molecular complexity index is 1060. The van der Waals surface area contributed by atoms with E-state index in [4.69, 9.17) is 0 Å². The fourth-order valence-electron chi connectivity index (χ4n) is 3.20. The smallest absolute Gasteiger partial charge is 0.324 e. The van der Waals surface area contributed by atoms with Crippen molar-refractivity contribution in [1.29, 1.82) is 0 Å². The molecule has 8 heteroatoms. The van der Waals surface area contributed by atoms with Gasteiger partial charge in [-0.15, -0.1) is 11.3 Å². The summed E-state index contributed by atoms with van der Waals surface area (Å²) in [5.41, 5.74) is 3.30. The van der Waals surface area contributed by atoms with E-state index in [2.05, 4.69) is 27.8 Å². The Kier molecular flexibility index (Phi) is 5.85. The van der Waals surface area contributed by atoms with Crippen LogP contribution in [0.1, 0.15) is 21.8 Å². The highest BCUT2D eigenvalue weighted by atomic mass is 32.1. The van der Waals surface area contributed by atoms with Crippen LogP contribution in [0.3, 0.4) is 0 Å². The van der Waals surface area contributed by atoms with E-state index in [1.165, 1.54) is 5.56 Å². The van der Waals surface area contributed by atoms with E-state index in [9.17, 15) is 14.4 Å². The molecule has 0 radical (unpaired) electrons. The van der Waals surface area contributed by atoms with E-state index < -0.39 is 6.03 Å². The van der Waals surface area contributed by atoms with Crippen LogP contribution < -0.4 is 10.6 Å². The number of anilines is 1. The van der Waals surface area contributed by atoms with Crippen LogP contribution in [0.15, 0.2) is 60.0 Å². The van der Waals surface area contributed by atoms with Crippen molar-refractivity contribution in [2.75, 3.05) is 11.9 Å². The Morgan fingerprint density at radius 3 is 2.67 bits per heavy atom. The van der Waals surface area contributed by atoms with Crippen LogP contribution >= 0.6 is 11.3 Å². The van der Waals surface area contributed by atoms with Crippen LogP contribution in [0, 0.1) is 0 Å². The molecule has 4 rings (SSSR count). The lowest BCUT2D eigenvalue weighted by Gasteiger charge is -2.13. The summed E-state index contributed by atoms with van der Waals surface area (Å²) in [6.07, 6.45) is 0.931. The summed E-state index contributed by atoms with van der Waals surface area (Å²) in [5.74, 6) is -0.428. The van der Waals surface area contributed by atoms with Crippen LogP contribution in [0.25, 0.3) is 0 Å². The first-order chi connectivity index (χ1) is 14.6. The largest absolute Gasteiger partial charge is 0.329 e. The van der Waals surface area contributed by atoms with Gasteiger partial charge in [0.25, 0.3) is 0 Å². The number of urea groups is 1. The Labute approximate surface area is 177 Å². The van der Waals surface area contributed by atoms with Crippen LogP contribution in [0.5, 0.6) is 0 Å². The number of imide groups is 1. The van der Waals surface area contributed by atoms with E-state index in [1.807, 2.05) is 29.6 Å². The summed E-state index contributed by atoms with van der Waals surface area (Å²) < 4.78 is 0. The zero-order valence-electron chi connectivity index (χ0n) is 16.1. The molecule has 0 unspecified atom stereocenters. The molecule has 7 nitrogen and oxygen atoms in total. The van der Waals surface area contributed by atoms with Gasteiger partial charge < -0.3 is 10.6 Å². The van der Waals surface area contributed by atoms with Gasteiger partial charge in [-0.2, -0.15) is 0 Å². The number of hydrogen-bond acceptors (Lipinski definition) is 5. The van der Waals surface area contributed by atoms with Crippen LogP contribution in [0.4, 0.5) is 10.5 Å². The van der Waals surface area contributed by atoms with Crippen LogP contribution in [-0.2, 0) is 29.0 Å². The van der Waals surface area contributed by atoms with Crippen molar-refractivity contribution in [2.24, 2.45) is 0 Å². The molecule has 0 bridgehead atoms. The summed E-state index contributed by atoms with van der Waals surface area (Å²) in [5, 5.41) is 8.23. The van der Waals surface area contributed by atoms with Gasteiger partial charge in [-0.25, -0.2) is 9.78 Å². The lowest BCUT2D eigenvalue weighted by Crippen LogP contribution is -2.30. The Morgan fingerprint density at radius 1 is 1.10 bits per heavy atom. The van der Waals surface area contributed by atoms with Gasteiger partial charge in [-0.05, 0) is 23.3 Å². The molecule has 1 saturated heterocycles. The molecule has 0 aliphatic carbocycles. The van der Waals surface area contributed by atoms with Gasteiger partial charge in [0, 0.05) is 17.5 Å². The second kappa shape index (κ2) is 8.87. The number of benzene rings is 2. The maximum atomic E-state index is 12.4. The molecule has 4 amide bonds. The standard InChI is InChI=1S/C22H20N4O3S/c27-19(11-18-14-30-20(25-18)10-15-5-2-1-3-6-15)24-17-8-4-7-16(9-17)13-26-21(28)12-23-22(26)29/h1-9,14H,10-13H2,(H,23,29)(H,24,27). The average Bonchev–Trinajstić information content (AvgIpc) is 3.30. The van der Waals surface area contributed by atoms with E-state index in [1.54, 1.807) is 29.5 Å². The normalized spacial score (nSPS) is 13.4. The predicted octanol–water partition coefficient (Wildman–Crippen LogP) is 2.97. The minimum atomic E-state index is -0.399. The maximum absolute atomic E-state index is 12.4. The number of nitrogens with zero attached hydrogens (tertiary/aromatic N) is 2. The molecule has 1 fully saturated rings. The van der Waals surface area contributed by atoms with Crippen molar-refractivity contribution in [3.63, 3.8) is 0 Å². The number of carbonyl (C=O) groups is 3. The first kappa shape index (κ1) is 19.8. The second-order valence-electron chi connectivity index (χ2n) is 6.96. The molecule has 1 aromatic heterocycles. The molecule has 0 saturated carbocycles. The lowest BCUT2D eigenvalue weighted by atomic mass is 10.1. The van der Waals surface area contributed by atoms with Gasteiger partial charge in [0.15, 0.2) is 0 Å². The van der Waals surface area contributed by atoms with Crippen molar-refractivity contribution in [3.05, 3.63) is 81.8 Å². The SMILES string of the molecule is O=C(Cc1csc(Cc2ccccc2)n1)Nc1cccc(CN2C(=O)CNC2=O)c1. The van der Waals surface area contributed by atoms with Crippen LogP contribution in [-0.4, -0.2) is 34.3 Å². The van der Waals surface area contributed by atoms with Gasteiger partial charge in [-0.3, -0.25) is 14.5 Å². The monoisotopic (exact) mass is 420 g/mol. The number of rotatable bonds is 7. The molecule has 0 spiro atoms. The van der Waals surface area contributed by atoms with Gasteiger partial charge in [-0.1, -0.05) is 42.5 Å². The second-order valence-corrected chi connectivity index (χ2v) is 7.90. The lowest BCUT2D eigenvalue weighted by molar-refractivity contribution is -0.125. The molecule has 3 aromatic rings. The number of nitrogens with one attached hydrogen (secondary N) is 2. The Balaban J connectivity index is 1.34. The average molecular weight is 420 g/mol. The number of thiazole rings is 1. The van der Waals surface area contributed by atoms with Gasteiger partial charge in [0.1, 0.15) is 0 Å². The molecule has 152 valence electrons. The van der Waals surface area contributed by atoms with Crippen molar-refractivity contribution >= 4 is 34.9 Å². The van der Waals surface area contributed by atoms with Crippen molar-refractivity contribution in [1.82, 2.24) is 15.2 Å². The van der Waals surface area contributed by atoms with Crippen molar-refractivity contribution in [2.45, 2.75) is 19.4 Å². The summed E-state index contributed by atoms with van der Waals surface area (Å²) in [6, 6.07) is 16.8. The summed E-state index contributed by atoms with van der Waals surface area (Å²) >= 11 is 1.55. The van der Waals surface area contributed by atoms with Crippen molar-refractivity contribution in [3.8, 4) is 0 Å². The van der Waals surface area contributed by atoms with E-state index in [0.717, 1.165) is 27.6 Å². The number of aromatic nitrogens is 1. The maximum Gasteiger partial charge on any atom is 0.324 e. The van der Waals surface area contributed by atoms with Gasteiger partial charge in [0.05, 0.1) is 30.2 Å². The predicted molar refractivity (Wildman–Crippen MR) is 114 cm³/mol. The Morgan fingerprint density at radius 2 is 1.90 bits per heavy atom. The van der Waals surface area contributed by atoms with Gasteiger partial charge in [0.2, 0.25) is 11.8 Å². The third-order valence-electron chi connectivity index (χ3n) is 4.63. The van der Waals surface area contributed by atoms with Gasteiger partial charge >= 0.3 is 6.03 Å². The Hall–Kier alpha value is -3.52. The van der Waals surface area contributed by atoms with E-state index in [-0.39, 0.29) is 31.3 Å². The molecular weight excluding hydrogens is 400 g/mol. The number of carbonyl (C=O) groups excluding carboxylic acids is 3. The summed E-state index contributed by atoms with van der Waals surface area (Å²) in [7, 11) is 0. The van der Waals surface area contributed by atoms with Crippen LogP contribution in [0.2, 0.25) is 0 Å². The number of hydrogen-bond donors (Lipinski definition) is 2. The fraction of sp³-hybridized carbons (Fsp3) is 0.182. The molecule has 30 heavy (non-hydrogen) atoms. The first-order valence-corrected chi connectivity index (χ1v) is 10.4. The highest BCUT2D eigenvalue weighted by molar-refractivity contribution is 7.09. The quantitative estimate of drug-likeness (QED) is 0.575. The highest BCUT2D eigenvalue weighted by Gasteiger charge is 2.28. The molecule has 2 aromatic carbocycles. The minimum absolute atomic E-state index is 0.0230. The molecule has 0 atom stereocenters. The van der Waals surface area contributed by atoms with Crippen molar-refractivity contribution < 1.29 is 14.4 Å². The first-order valence-electron chi connectivity index (χ1n) is 9.51. The molecule has 2 heterocycles. The summed E-state index contributed by atoms with van der Waals surface area (Å²) in [4.78, 5) is 41.6. The topological polar surface area (TPSA) is 91.4 Å². The van der Waals surface area contributed by atoms with E-state index in [0.29, 0.717) is 5.69 Å². The zero-order chi connectivity index (χ0) is 20.9. The van der Waals surface area contributed by atoms with E-state index >= 15 is 0 Å².